The number of quaternary nitrogens is 1. The monoisotopic (exact) mass is 189 g/mol. The highest BCUT2D eigenvalue weighted by atomic mass is 15.4. The van der Waals surface area contributed by atoms with Crippen LogP contribution in [0.1, 0.15) is 5.56 Å². The van der Waals surface area contributed by atoms with Crippen molar-refractivity contribution in [3.05, 3.63) is 35.9 Å². The van der Waals surface area contributed by atoms with Gasteiger partial charge in [0.25, 0.3) is 0 Å². The van der Waals surface area contributed by atoms with E-state index in [9.17, 15) is 0 Å². The largest absolute Gasteiger partial charge is 0.282 e. The summed E-state index contributed by atoms with van der Waals surface area (Å²) in [5.41, 5.74) is 1.36. The molecule has 0 radical (unpaired) electrons. The average Bonchev–Trinajstić information content (AvgIpc) is 2.48. The van der Waals surface area contributed by atoms with Gasteiger partial charge in [-0.05, 0) is 5.56 Å². The van der Waals surface area contributed by atoms with Crippen LogP contribution in [0.2, 0.25) is 0 Å². The van der Waals surface area contributed by atoms with Crippen molar-refractivity contribution in [2.24, 2.45) is 4.99 Å². The molecule has 0 spiro atoms. The Labute approximate surface area is 85.5 Å². The second-order valence-electron chi connectivity index (χ2n) is 4.37. The van der Waals surface area contributed by atoms with Crippen molar-refractivity contribution in [3.63, 3.8) is 0 Å². The molecule has 0 atom stereocenters. The first-order chi connectivity index (χ1) is 6.68. The van der Waals surface area contributed by atoms with E-state index in [0.717, 1.165) is 24.0 Å². The number of nitrogens with zero attached hydrogens (tertiary/aromatic N) is 2. The molecule has 0 N–H and O–H groups in total. The topological polar surface area (TPSA) is 12.4 Å². The van der Waals surface area contributed by atoms with Crippen molar-refractivity contribution >= 4 is 5.84 Å². The lowest BCUT2D eigenvalue weighted by Crippen LogP contribution is -2.43. The Morgan fingerprint density at radius 2 is 1.93 bits per heavy atom. The SMILES string of the molecule is C[N+]1(C)CCN=C1Cc1ccccc1. The highest BCUT2D eigenvalue weighted by Gasteiger charge is 2.28. The maximum Gasteiger partial charge on any atom is 0.202 e. The van der Waals surface area contributed by atoms with Crippen LogP contribution in [0.25, 0.3) is 0 Å². The van der Waals surface area contributed by atoms with Gasteiger partial charge < -0.3 is 0 Å². The van der Waals surface area contributed by atoms with Crippen LogP contribution in [-0.4, -0.2) is 37.5 Å². The first-order valence-corrected chi connectivity index (χ1v) is 5.09. The molecule has 1 aromatic rings. The predicted molar refractivity (Wildman–Crippen MR) is 59.4 cm³/mol. The molecule has 14 heavy (non-hydrogen) atoms. The van der Waals surface area contributed by atoms with Crippen LogP contribution < -0.4 is 0 Å². The fraction of sp³-hybridized carbons (Fsp3) is 0.417. The van der Waals surface area contributed by atoms with Crippen LogP contribution in [-0.2, 0) is 6.42 Å². The molecule has 0 amide bonds. The molecule has 0 saturated carbocycles. The zero-order valence-electron chi connectivity index (χ0n) is 8.90. The molecule has 0 bridgehead atoms. The quantitative estimate of drug-likeness (QED) is 0.628. The normalized spacial score (nSPS) is 19.4. The zero-order chi connectivity index (χ0) is 10.0. The fourth-order valence-electron chi connectivity index (χ4n) is 1.80. The van der Waals surface area contributed by atoms with Gasteiger partial charge in [0.05, 0.1) is 27.1 Å². The molecule has 0 unspecified atom stereocenters. The number of likely N-dealkylation sites (N-methyl/N-ethyl adjacent to an activating group) is 1. The van der Waals surface area contributed by atoms with Gasteiger partial charge in [0.15, 0.2) is 0 Å². The number of rotatable bonds is 2. The smallest absolute Gasteiger partial charge is 0.202 e. The summed E-state index contributed by atoms with van der Waals surface area (Å²) in [5, 5.41) is 0. The summed E-state index contributed by atoms with van der Waals surface area (Å²) in [4.78, 5) is 4.57. The van der Waals surface area contributed by atoms with E-state index in [4.69, 9.17) is 0 Å². The second kappa shape index (κ2) is 3.54. The highest BCUT2D eigenvalue weighted by Crippen LogP contribution is 2.12. The average molecular weight is 189 g/mol. The molecule has 2 nitrogen and oxygen atoms in total. The number of hydrogen-bond acceptors (Lipinski definition) is 1. The molecule has 1 aromatic carbocycles. The van der Waals surface area contributed by atoms with Crippen molar-refractivity contribution in [3.8, 4) is 0 Å². The summed E-state index contributed by atoms with van der Waals surface area (Å²) < 4.78 is 0.953. The lowest BCUT2D eigenvalue weighted by molar-refractivity contribution is -0.793. The van der Waals surface area contributed by atoms with Gasteiger partial charge in [-0.2, -0.15) is 0 Å². The molecule has 2 heteroatoms. The molecule has 1 aliphatic heterocycles. The maximum atomic E-state index is 4.57. The summed E-state index contributed by atoms with van der Waals surface area (Å²) in [6.45, 7) is 2.12. The van der Waals surface area contributed by atoms with Gasteiger partial charge in [0.1, 0.15) is 6.54 Å². The van der Waals surface area contributed by atoms with Gasteiger partial charge in [-0.3, -0.25) is 4.48 Å². The number of amidine groups is 1. The minimum Gasteiger partial charge on any atom is -0.282 e. The molecule has 0 aliphatic carbocycles. The van der Waals surface area contributed by atoms with E-state index >= 15 is 0 Å². The summed E-state index contributed by atoms with van der Waals surface area (Å²) in [5.74, 6) is 1.30. The number of aliphatic imine (C=N–C) groups is 1. The van der Waals surface area contributed by atoms with Gasteiger partial charge in [-0.1, -0.05) is 30.3 Å². The summed E-state index contributed by atoms with van der Waals surface area (Å²) >= 11 is 0. The van der Waals surface area contributed by atoms with Crippen molar-refractivity contribution in [1.29, 1.82) is 0 Å². The van der Waals surface area contributed by atoms with Crippen LogP contribution in [0.4, 0.5) is 0 Å². The molecule has 0 saturated heterocycles. The molecular formula is C12H17N2+. The first-order valence-electron chi connectivity index (χ1n) is 5.09. The standard InChI is InChI=1S/C12H17N2/c1-14(2)9-8-13-12(14)10-11-6-4-3-5-7-11/h3-7H,8-10H2,1-2H3/q+1. The Morgan fingerprint density at radius 3 is 2.50 bits per heavy atom. The van der Waals surface area contributed by atoms with Crippen LogP contribution in [0.15, 0.2) is 35.3 Å². The Kier molecular flexibility index (Phi) is 2.38. The molecule has 74 valence electrons. The van der Waals surface area contributed by atoms with Gasteiger partial charge in [0, 0.05) is 0 Å². The zero-order valence-corrected chi connectivity index (χ0v) is 8.90. The molecule has 0 fully saturated rings. The van der Waals surface area contributed by atoms with Gasteiger partial charge in [-0.15, -0.1) is 0 Å². The van der Waals surface area contributed by atoms with Crippen molar-refractivity contribution < 1.29 is 4.48 Å². The summed E-state index contributed by atoms with van der Waals surface area (Å²) in [6.07, 6.45) is 0.994. The van der Waals surface area contributed by atoms with Crippen LogP contribution >= 0.6 is 0 Å². The highest BCUT2D eigenvalue weighted by molar-refractivity contribution is 5.79. The number of benzene rings is 1. The lowest BCUT2D eigenvalue weighted by Gasteiger charge is -2.24. The molecule has 2 rings (SSSR count). The Bertz CT molecular complexity index is 339. The van der Waals surface area contributed by atoms with Crippen molar-refractivity contribution in [2.75, 3.05) is 27.2 Å². The van der Waals surface area contributed by atoms with Gasteiger partial charge in [-0.25, -0.2) is 4.99 Å². The van der Waals surface area contributed by atoms with E-state index < -0.39 is 0 Å². The van der Waals surface area contributed by atoms with Gasteiger partial charge in [0.2, 0.25) is 5.84 Å². The molecule has 0 aromatic heterocycles. The second-order valence-corrected chi connectivity index (χ2v) is 4.37. The van der Waals surface area contributed by atoms with Crippen LogP contribution in [0.5, 0.6) is 0 Å². The van der Waals surface area contributed by atoms with Crippen LogP contribution in [0.3, 0.4) is 0 Å². The van der Waals surface area contributed by atoms with Crippen molar-refractivity contribution in [2.45, 2.75) is 6.42 Å². The minimum atomic E-state index is 0.953. The van der Waals surface area contributed by atoms with E-state index in [1.54, 1.807) is 0 Å². The van der Waals surface area contributed by atoms with Crippen LogP contribution in [0, 0.1) is 0 Å². The van der Waals surface area contributed by atoms with E-state index in [2.05, 4.69) is 49.4 Å². The first kappa shape index (κ1) is 9.41. The maximum absolute atomic E-state index is 4.57. The molecule has 1 heterocycles. The summed E-state index contributed by atoms with van der Waals surface area (Å²) in [6, 6.07) is 10.6. The van der Waals surface area contributed by atoms with Crippen molar-refractivity contribution in [1.82, 2.24) is 0 Å². The Hall–Kier alpha value is -1.15. The summed E-state index contributed by atoms with van der Waals surface area (Å²) in [7, 11) is 4.46. The van der Waals surface area contributed by atoms with E-state index in [1.165, 1.54) is 11.4 Å². The van der Waals surface area contributed by atoms with Gasteiger partial charge >= 0.3 is 0 Å². The number of hydrogen-bond donors (Lipinski definition) is 0. The third-order valence-electron chi connectivity index (χ3n) is 2.86. The predicted octanol–water partition coefficient (Wildman–Crippen LogP) is 1.72. The molecule has 1 aliphatic rings. The molecular weight excluding hydrogens is 172 g/mol. The van der Waals surface area contributed by atoms with E-state index in [-0.39, 0.29) is 0 Å². The Balaban J connectivity index is 2.13. The fourth-order valence-corrected chi connectivity index (χ4v) is 1.80. The third-order valence-corrected chi connectivity index (χ3v) is 2.86. The van der Waals surface area contributed by atoms with E-state index in [1.807, 2.05) is 0 Å². The lowest BCUT2D eigenvalue weighted by atomic mass is 10.1. The minimum absolute atomic E-state index is 0.953. The van der Waals surface area contributed by atoms with E-state index in [0.29, 0.717) is 0 Å². The Morgan fingerprint density at radius 1 is 1.21 bits per heavy atom. The third kappa shape index (κ3) is 1.85.